The number of ether oxygens (including phenoxy) is 2. The SMILES string of the molecule is O=c1cc2n(cc1OCc1ccccc1)-c1cc(F)ccc1OC2. The van der Waals surface area contributed by atoms with Crippen LogP contribution >= 0.6 is 0 Å². The molecule has 4 rings (SSSR count). The summed E-state index contributed by atoms with van der Waals surface area (Å²) in [5, 5.41) is 0. The second kappa shape index (κ2) is 5.85. The average molecular weight is 323 g/mol. The molecule has 1 aliphatic heterocycles. The molecule has 0 fully saturated rings. The third kappa shape index (κ3) is 2.65. The van der Waals surface area contributed by atoms with Gasteiger partial charge in [0.05, 0.1) is 17.6 Å². The third-order valence-corrected chi connectivity index (χ3v) is 3.89. The van der Waals surface area contributed by atoms with Crippen molar-refractivity contribution in [3.05, 3.63) is 88.1 Å². The lowest BCUT2D eigenvalue weighted by atomic mass is 10.2. The van der Waals surface area contributed by atoms with E-state index in [4.69, 9.17) is 9.47 Å². The Hall–Kier alpha value is -3.08. The summed E-state index contributed by atoms with van der Waals surface area (Å²) in [4.78, 5) is 12.2. The van der Waals surface area contributed by atoms with Gasteiger partial charge in [0.25, 0.3) is 0 Å². The number of hydrogen-bond acceptors (Lipinski definition) is 3. The summed E-state index contributed by atoms with van der Waals surface area (Å²) in [6, 6.07) is 15.4. The van der Waals surface area contributed by atoms with Gasteiger partial charge in [0, 0.05) is 12.1 Å². The smallest absolute Gasteiger partial charge is 0.223 e. The van der Waals surface area contributed by atoms with Gasteiger partial charge in [-0.25, -0.2) is 4.39 Å². The Bertz CT molecular complexity index is 951. The zero-order chi connectivity index (χ0) is 16.5. The standard InChI is InChI=1S/C19H14FNO3/c20-14-6-7-18-16(8-14)21-10-19(17(22)9-15(21)12-24-18)23-11-13-4-2-1-3-5-13/h1-10H,11-12H2. The molecule has 1 aliphatic rings. The number of nitrogens with zero attached hydrogens (tertiary/aromatic N) is 1. The van der Waals surface area contributed by atoms with Crippen molar-refractivity contribution < 1.29 is 13.9 Å². The number of fused-ring (bicyclic) bond motifs is 3. The minimum atomic E-state index is -0.365. The van der Waals surface area contributed by atoms with E-state index in [1.165, 1.54) is 18.2 Å². The summed E-state index contributed by atoms with van der Waals surface area (Å²) >= 11 is 0. The highest BCUT2D eigenvalue weighted by atomic mass is 19.1. The normalized spacial score (nSPS) is 12.0. The molecule has 3 aromatic rings. The van der Waals surface area contributed by atoms with E-state index in [-0.39, 0.29) is 23.6 Å². The number of pyridine rings is 1. The lowest BCUT2D eigenvalue weighted by Crippen LogP contribution is -2.20. The van der Waals surface area contributed by atoms with E-state index < -0.39 is 0 Å². The van der Waals surface area contributed by atoms with Gasteiger partial charge < -0.3 is 14.0 Å². The Morgan fingerprint density at radius 1 is 1.12 bits per heavy atom. The van der Waals surface area contributed by atoms with Crippen LogP contribution in [0.2, 0.25) is 0 Å². The van der Waals surface area contributed by atoms with Gasteiger partial charge >= 0.3 is 0 Å². The van der Waals surface area contributed by atoms with Crippen LogP contribution in [-0.2, 0) is 13.2 Å². The lowest BCUT2D eigenvalue weighted by molar-refractivity contribution is 0.276. The van der Waals surface area contributed by atoms with Crippen molar-refractivity contribution in [2.45, 2.75) is 13.2 Å². The van der Waals surface area contributed by atoms with Crippen LogP contribution in [0.1, 0.15) is 11.3 Å². The predicted octanol–water partition coefficient (Wildman–Crippen LogP) is 3.45. The van der Waals surface area contributed by atoms with Crippen molar-refractivity contribution in [1.82, 2.24) is 4.57 Å². The van der Waals surface area contributed by atoms with E-state index in [0.29, 0.717) is 23.7 Å². The van der Waals surface area contributed by atoms with Gasteiger partial charge in [-0.2, -0.15) is 0 Å². The summed E-state index contributed by atoms with van der Waals surface area (Å²) < 4.78 is 26.5. The van der Waals surface area contributed by atoms with Gasteiger partial charge in [0.2, 0.25) is 5.43 Å². The van der Waals surface area contributed by atoms with E-state index >= 15 is 0 Å². The highest BCUT2D eigenvalue weighted by Gasteiger charge is 2.19. The molecule has 0 saturated carbocycles. The van der Waals surface area contributed by atoms with E-state index in [2.05, 4.69) is 0 Å². The molecular formula is C19H14FNO3. The van der Waals surface area contributed by atoms with Gasteiger partial charge in [-0.1, -0.05) is 30.3 Å². The molecule has 0 spiro atoms. The van der Waals surface area contributed by atoms with Crippen LogP contribution in [-0.4, -0.2) is 4.57 Å². The highest BCUT2D eigenvalue weighted by molar-refractivity contribution is 5.50. The summed E-state index contributed by atoms with van der Waals surface area (Å²) in [6.07, 6.45) is 1.60. The molecule has 0 unspecified atom stereocenters. The minimum absolute atomic E-state index is 0.222. The van der Waals surface area contributed by atoms with Gasteiger partial charge in [0.1, 0.15) is 24.8 Å². The fourth-order valence-corrected chi connectivity index (χ4v) is 2.69. The van der Waals surface area contributed by atoms with Crippen LogP contribution in [0.15, 0.2) is 65.6 Å². The van der Waals surface area contributed by atoms with Gasteiger partial charge in [-0.3, -0.25) is 4.79 Å². The molecule has 120 valence electrons. The van der Waals surface area contributed by atoms with Crippen molar-refractivity contribution in [2.75, 3.05) is 0 Å². The minimum Gasteiger partial charge on any atom is -0.485 e. The molecule has 24 heavy (non-hydrogen) atoms. The Morgan fingerprint density at radius 2 is 1.96 bits per heavy atom. The molecule has 0 bridgehead atoms. The first-order valence-corrected chi connectivity index (χ1v) is 7.56. The number of benzene rings is 2. The Kier molecular flexibility index (Phi) is 3.54. The number of hydrogen-bond donors (Lipinski definition) is 0. The predicted molar refractivity (Wildman–Crippen MR) is 87.1 cm³/mol. The number of rotatable bonds is 3. The second-order valence-electron chi connectivity index (χ2n) is 5.54. The molecule has 0 radical (unpaired) electrons. The van der Waals surface area contributed by atoms with Crippen LogP contribution in [0.3, 0.4) is 0 Å². The van der Waals surface area contributed by atoms with E-state index in [0.717, 1.165) is 5.56 Å². The van der Waals surface area contributed by atoms with Crippen molar-refractivity contribution >= 4 is 0 Å². The topological polar surface area (TPSA) is 40.5 Å². The summed E-state index contributed by atoms with van der Waals surface area (Å²) in [5.41, 5.74) is 1.96. The number of halogens is 1. The summed E-state index contributed by atoms with van der Waals surface area (Å²) in [6.45, 7) is 0.550. The average Bonchev–Trinajstić information content (AvgIpc) is 2.60. The molecule has 0 N–H and O–H groups in total. The van der Waals surface area contributed by atoms with Crippen LogP contribution in [0.5, 0.6) is 11.5 Å². The Morgan fingerprint density at radius 3 is 2.79 bits per heavy atom. The van der Waals surface area contributed by atoms with Gasteiger partial charge in [-0.15, -0.1) is 0 Å². The van der Waals surface area contributed by atoms with E-state index in [1.807, 2.05) is 30.3 Å². The second-order valence-corrected chi connectivity index (χ2v) is 5.54. The maximum absolute atomic E-state index is 13.6. The van der Waals surface area contributed by atoms with Crippen LogP contribution in [0.25, 0.3) is 5.69 Å². The Labute approximate surface area is 137 Å². The maximum atomic E-state index is 13.6. The first-order chi connectivity index (χ1) is 11.7. The van der Waals surface area contributed by atoms with Crippen molar-refractivity contribution in [3.8, 4) is 17.2 Å². The van der Waals surface area contributed by atoms with E-state index in [1.54, 1.807) is 16.8 Å². The highest BCUT2D eigenvalue weighted by Crippen LogP contribution is 2.30. The fraction of sp³-hybridized carbons (Fsp3) is 0.105. The summed E-state index contributed by atoms with van der Waals surface area (Å²) in [5.74, 6) is 0.428. The van der Waals surface area contributed by atoms with Crippen molar-refractivity contribution in [1.29, 1.82) is 0 Å². The zero-order valence-corrected chi connectivity index (χ0v) is 12.7. The molecule has 0 atom stereocenters. The van der Waals surface area contributed by atoms with Gasteiger partial charge in [-0.05, 0) is 17.7 Å². The Balaban J connectivity index is 1.71. The molecule has 2 heterocycles. The molecule has 4 nitrogen and oxygen atoms in total. The summed E-state index contributed by atoms with van der Waals surface area (Å²) in [7, 11) is 0. The largest absolute Gasteiger partial charge is 0.485 e. The van der Waals surface area contributed by atoms with Gasteiger partial charge in [0.15, 0.2) is 5.75 Å². The zero-order valence-electron chi connectivity index (χ0n) is 12.7. The van der Waals surface area contributed by atoms with Crippen LogP contribution in [0, 0.1) is 5.82 Å². The molecule has 5 heteroatoms. The molecule has 0 aliphatic carbocycles. The number of aromatic nitrogens is 1. The van der Waals surface area contributed by atoms with Crippen LogP contribution < -0.4 is 14.9 Å². The lowest BCUT2D eigenvalue weighted by Gasteiger charge is -2.23. The molecule has 1 aromatic heterocycles. The van der Waals surface area contributed by atoms with Crippen molar-refractivity contribution in [2.24, 2.45) is 0 Å². The van der Waals surface area contributed by atoms with E-state index in [9.17, 15) is 9.18 Å². The molecule has 2 aromatic carbocycles. The third-order valence-electron chi connectivity index (χ3n) is 3.89. The molecule has 0 saturated heterocycles. The fourth-order valence-electron chi connectivity index (χ4n) is 2.69. The van der Waals surface area contributed by atoms with Crippen LogP contribution in [0.4, 0.5) is 4.39 Å². The molecule has 0 amide bonds. The monoisotopic (exact) mass is 323 g/mol. The molecular weight excluding hydrogens is 309 g/mol. The quantitative estimate of drug-likeness (QED) is 0.741. The first kappa shape index (κ1) is 14.5. The maximum Gasteiger partial charge on any atom is 0.223 e. The first-order valence-electron chi connectivity index (χ1n) is 7.56. The van der Waals surface area contributed by atoms with Crippen molar-refractivity contribution in [3.63, 3.8) is 0 Å².